The fraction of sp³-hybridized carbons (Fsp3) is 0.556. The molecule has 1 unspecified atom stereocenters. The fourth-order valence-corrected chi connectivity index (χ4v) is 1.89. The lowest BCUT2D eigenvalue weighted by Crippen LogP contribution is -2.17. The first-order valence-electron chi connectivity index (χ1n) is 4.49. The average molecular weight is 180 g/mol. The van der Waals surface area contributed by atoms with Gasteiger partial charge in [-0.05, 0) is 18.8 Å². The number of imidazole rings is 1. The van der Waals surface area contributed by atoms with Crippen LogP contribution in [0.5, 0.6) is 0 Å². The summed E-state index contributed by atoms with van der Waals surface area (Å²) < 4.78 is 1.82. The molecular weight excluding hydrogens is 168 g/mol. The first-order valence-corrected chi connectivity index (χ1v) is 4.49. The van der Waals surface area contributed by atoms with Crippen molar-refractivity contribution in [1.29, 1.82) is 0 Å². The molecule has 1 N–H and O–H groups in total. The minimum Gasteiger partial charge on any atom is -0.475 e. The number of carboxylic acids is 1. The molecular formula is C9H12N2O2. The van der Waals surface area contributed by atoms with E-state index in [1.54, 1.807) is 6.20 Å². The average Bonchev–Trinajstić information content (AvgIpc) is 2.48. The van der Waals surface area contributed by atoms with E-state index in [0.717, 1.165) is 25.1 Å². The molecule has 0 saturated carbocycles. The molecule has 2 rings (SSSR count). The summed E-state index contributed by atoms with van der Waals surface area (Å²) in [6.07, 6.45) is 3.86. The van der Waals surface area contributed by atoms with Gasteiger partial charge in [-0.1, -0.05) is 6.92 Å². The van der Waals surface area contributed by atoms with Crippen molar-refractivity contribution < 1.29 is 9.90 Å². The molecule has 0 spiro atoms. The van der Waals surface area contributed by atoms with Gasteiger partial charge in [-0.2, -0.15) is 0 Å². The van der Waals surface area contributed by atoms with Crippen LogP contribution in [-0.2, 0) is 6.54 Å². The van der Waals surface area contributed by atoms with Gasteiger partial charge < -0.3 is 9.67 Å². The van der Waals surface area contributed by atoms with Gasteiger partial charge in [0.1, 0.15) is 0 Å². The molecule has 1 aliphatic heterocycles. The third-order valence-corrected chi connectivity index (χ3v) is 2.60. The van der Waals surface area contributed by atoms with Crippen LogP contribution in [-0.4, -0.2) is 20.6 Å². The number of hydrogen-bond acceptors (Lipinski definition) is 2. The summed E-state index contributed by atoms with van der Waals surface area (Å²) >= 11 is 0. The third-order valence-electron chi connectivity index (χ3n) is 2.60. The zero-order chi connectivity index (χ0) is 9.42. The quantitative estimate of drug-likeness (QED) is 0.712. The van der Waals surface area contributed by atoms with Crippen LogP contribution in [0.15, 0.2) is 6.20 Å². The molecule has 13 heavy (non-hydrogen) atoms. The number of rotatable bonds is 1. The number of aromatic carboxylic acids is 1. The number of aromatic nitrogens is 2. The summed E-state index contributed by atoms with van der Waals surface area (Å²) in [6, 6.07) is 0. The van der Waals surface area contributed by atoms with Crippen molar-refractivity contribution in [2.45, 2.75) is 32.2 Å². The number of fused-ring (bicyclic) bond motifs is 1. The van der Waals surface area contributed by atoms with E-state index in [1.807, 2.05) is 4.57 Å². The zero-order valence-electron chi connectivity index (χ0n) is 7.53. The lowest BCUT2D eigenvalue weighted by molar-refractivity contribution is 0.0676. The van der Waals surface area contributed by atoms with E-state index in [9.17, 15) is 4.79 Å². The summed E-state index contributed by atoms with van der Waals surface area (Å²) in [5.41, 5.74) is 1.06. The maximum absolute atomic E-state index is 10.8. The van der Waals surface area contributed by atoms with Crippen molar-refractivity contribution >= 4 is 5.97 Å². The van der Waals surface area contributed by atoms with Crippen LogP contribution in [0, 0.1) is 0 Å². The van der Waals surface area contributed by atoms with Crippen molar-refractivity contribution in [3.05, 3.63) is 17.7 Å². The molecule has 1 atom stereocenters. The second-order valence-corrected chi connectivity index (χ2v) is 3.51. The van der Waals surface area contributed by atoms with Gasteiger partial charge in [-0.15, -0.1) is 0 Å². The normalized spacial score (nSPS) is 21.2. The van der Waals surface area contributed by atoms with Gasteiger partial charge in [0.05, 0.1) is 0 Å². The number of carboxylic acid groups (broad SMARTS) is 1. The molecule has 1 aliphatic rings. The summed E-state index contributed by atoms with van der Waals surface area (Å²) in [6.45, 7) is 2.90. The lowest BCUT2D eigenvalue weighted by atomic mass is 9.99. The minimum atomic E-state index is -0.930. The van der Waals surface area contributed by atoms with E-state index in [0.29, 0.717) is 5.92 Å². The van der Waals surface area contributed by atoms with E-state index >= 15 is 0 Å². The van der Waals surface area contributed by atoms with Gasteiger partial charge in [0, 0.05) is 18.4 Å². The standard InChI is InChI=1S/C9H12N2O2/c1-6-3-2-4-11-7(6)5-10-8(11)9(12)13/h5-6H,2-4H2,1H3,(H,12,13). The van der Waals surface area contributed by atoms with Gasteiger partial charge in [0.25, 0.3) is 0 Å². The Hall–Kier alpha value is -1.32. The topological polar surface area (TPSA) is 55.1 Å². The highest BCUT2D eigenvalue weighted by Crippen LogP contribution is 2.27. The number of nitrogens with zero attached hydrogens (tertiary/aromatic N) is 2. The molecule has 4 nitrogen and oxygen atoms in total. The highest BCUT2D eigenvalue weighted by atomic mass is 16.4. The Balaban J connectivity index is 2.47. The Morgan fingerprint density at radius 3 is 3.23 bits per heavy atom. The smallest absolute Gasteiger partial charge is 0.372 e. The SMILES string of the molecule is CC1CCCn2c1cnc2C(=O)O. The molecule has 0 bridgehead atoms. The first-order chi connectivity index (χ1) is 6.20. The summed E-state index contributed by atoms with van der Waals surface area (Å²) in [5.74, 6) is -0.309. The molecule has 0 radical (unpaired) electrons. The van der Waals surface area contributed by atoms with Gasteiger partial charge >= 0.3 is 5.97 Å². The van der Waals surface area contributed by atoms with Gasteiger partial charge in [-0.3, -0.25) is 0 Å². The Bertz CT molecular complexity index is 343. The Labute approximate surface area is 76.2 Å². The summed E-state index contributed by atoms with van der Waals surface area (Å²) in [4.78, 5) is 14.7. The maximum atomic E-state index is 10.8. The molecule has 0 fully saturated rings. The highest BCUT2D eigenvalue weighted by molar-refractivity contribution is 5.83. The third kappa shape index (κ3) is 1.22. The molecule has 2 heterocycles. The molecule has 0 aromatic carbocycles. The van der Waals surface area contributed by atoms with Crippen molar-refractivity contribution in [3.8, 4) is 0 Å². The van der Waals surface area contributed by atoms with Gasteiger partial charge in [-0.25, -0.2) is 9.78 Å². The predicted octanol–water partition coefficient (Wildman–Crippen LogP) is 1.48. The molecule has 0 saturated heterocycles. The molecule has 1 aromatic rings. The van der Waals surface area contributed by atoms with Crippen LogP contribution >= 0.6 is 0 Å². The van der Waals surface area contributed by atoms with Gasteiger partial charge in [0.15, 0.2) is 0 Å². The van der Waals surface area contributed by atoms with Crippen LogP contribution in [0.1, 0.15) is 42.0 Å². The molecule has 0 aliphatic carbocycles. The summed E-state index contributed by atoms with van der Waals surface area (Å²) in [7, 11) is 0. The zero-order valence-corrected chi connectivity index (χ0v) is 7.53. The minimum absolute atomic E-state index is 0.182. The van der Waals surface area contributed by atoms with Crippen molar-refractivity contribution in [2.75, 3.05) is 0 Å². The van der Waals surface area contributed by atoms with Gasteiger partial charge in [0.2, 0.25) is 5.82 Å². The Kier molecular flexibility index (Phi) is 1.83. The second kappa shape index (κ2) is 2.87. The molecule has 1 aromatic heterocycles. The van der Waals surface area contributed by atoms with Crippen LogP contribution in [0.3, 0.4) is 0 Å². The van der Waals surface area contributed by atoms with Crippen LogP contribution in [0.25, 0.3) is 0 Å². The lowest BCUT2D eigenvalue weighted by Gasteiger charge is -2.21. The summed E-state index contributed by atoms with van der Waals surface area (Å²) in [5, 5.41) is 8.83. The number of carbonyl (C=O) groups is 1. The number of hydrogen-bond donors (Lipinski definition) is 1. The largest absolute Gasteiger partial charge is 0.475 e. The van der Waals surface area contributed by atoms with E-state index in [1.165, 1.54) is 0 Å². The van der Waals surface area contributed by atoms with Crippen molar-refractivity contribution in [3.63, 3.8) is 0 Å². The van der Waals surface area contributed by atoms with Crippen LogP contribution in [0.2, 0.25) is 0 Å². The first kappa shape index (κ1) is 8.29. The Morgan fingerprint density at radius 2 is 2.54 bits per heavy atom. The molecule has 0 amide bonds. The molecule has 4 heteroatoms. The molecule has 70 valence electrons. The second-order valence-electron chi connectivity index (χ2n) is 3.51. The van der Waals surface area contributed by atoms with Crippen molar-refractivity contribution in [1.82, 2.24) is 9.55 Å². The van der Waals surface area contributed by atoms with E-state index in [4.69, 9.17) is 5.11 Å². The Morgan fingerprint density at radius 1 is 1.77 bits per heavy atom. The van der Waals surface area contributed by atoms with E-state index < -0.39 is 5.97 Å². The monoisotopic (exact) mass is 180 g/mol. The predicted molar refractivity (Wildman–Crippen MR) is 46.8 cm³/mol. The van der Waals surface area contributed by atoms with Crippen LogP contribution in [0.4, 0.5) is 0 Å². The van der Waals surface area contributed by atoms with Crippen LogP contribution < -0.4 is 0 Å². The van der Waals surface area contributed by atoms with Crippen molar-refractivity contribution in [2.24, 2.45) is 0 Å². The van der Waals surface area contributed by atoms with E-state index in [-0.39, 0.29) is 5.82 Å². The maximum Gasteiger partial charge on any atom is 0.372 e. The highest BCUT2D eigenvalue weighted by Gasteiger charge is 2.22. The fourth-order valence-electron chi connectivity index (χ4n) is 1.89. The van der Waals surface area contributed by atoms with E-state index in [2.05, 4.69) is 11.9 Å².